The van der Waals surface area contributed by atoms with Crippen LogP contribution < -0.4 is 20.3 Å². The molecule has 1 aromatic heterocycles. The van der Waals surface area contributed by atoms with E-state index in [1.54, 1.807) is 0 Å². The van der Waals surface area contributed by atoms with Gasteiger partial charge in [-0.2, -0.15) is 5.26 Å². The zero-order chi connectivity index (χ0) is 26.9. The first-order valence-electron chi connectivity index (χ1n) is 14.7. The van der Waals surface area contributed by atoms with E-state index in [-0.39, 0.29) is 6.10 Å². The average Bonchev–Trinajstić information content (AvgIpc) is 3.42. The van der Waals surface area contributed by atoms with Gasteiger partial charge in [0.1, 0.15) is 17.9 Å². The van der Waals surface area contributed by atoms with Crippen molar-refractivity contribution < 1.29 is 4.74 Å². The molecule has 2 aromatic carbocycles. The van der Waals surface area contributed by atoms with Crippen molar-refractivity contribution in [2.24, 2.45) is 0 Å². The Morgan fingerprint density at radius 2 is 1.68 bits per heavy atom. The van der Waals surface area contributed by atoms with Gasteiger partial charge in [-0.1, -0.05) is 18.2 Å². The van der Waals surface area contributed by atoms with Crippen molar-refractivity contribution in [3.05, 3.63) is 77.1 Å². The number of pyridine rings is 1. The Hall–Kier alpha value is -3.70. The minimum atomic E-state index is 0.163. The van der Waals surface area contributed by atoms with Crippen molar-refractivity contribution in [1.29, 1.82) is 5.26 Å². The van der Waals surface area contributed by atoms with E-state index in [9.17, 15) is 5.26 Å². The maximum Gasteiger partial charge on any atom is 0.137 e. The Morgan fingerprint density at radius 1 is 0.900 bits per heavy atom. The van der Waals surface area contributed by atoms with Crippen molar-refractivity contribution >= 4 is 17.3 Å². The molecule has 3 aromatic rings. The Kier molecular flexibility index (Phi) is 6.98. The molecule has 2 N–H and O–H groups in total. The number of benzene rings is 2. The average molecular weight is 533 g/mol. The van der Waals surface area contributed by atoms with Crippen LogP contribution in [0.4, 0.5) is 5.69 Å². The number of hydrogen-bond donors (Lipinski definition) is 2. The van der Waals surface area contributed by atoms with Gasteiger partial charge in [0, 0.05) is 69.2 Å². The summed E-state index contributed by atoms with van der Waals surface area (Å²) >= 11 is 0. The molecule has 4 aliphatic rings. The lowest BCUT2D eigenvalue weighted by Crippen LogP contribution is -2.61. The Labute approximate surface area is 236 Å². The molecule has 0 bridgehead atoms. The van der Waals surface area contributed by atoms with Crippen LogP contribution in [0.3, 0.4) is 0 Å². The predicted octanol–water partition coefficient (Wildman–Crippen LogP) is 3.94. The Morgan fingerprint density at radius 3 is 2.40 bits per heavy atom. The van der Waals surface area contributed by atoms with Gasteiger partial charge in [0.05, 0.1) is 11.3 Å². The second-order valence-corrected chi connectivity index (χ2v) is 11.3. The Bertz CT molecular complexity index is 1440. The van der Waals surface area contributed by atoms with Gasteiger partial charge in [-0.05, 0) is 84.6 Å². The van der Waals surface area contributed by atoms with E-state index in [2.05, 4.69) is 69.0 Å². The number of hydrogen-bond acceptors (Lipinski definition) is 7. The van der Waals surface area contributed by atoms with Gasteiger partial charge < -0.3 is 20.3 Å². The molecule has 7 nitrogen and oxygen atoms in total. The fourth-order valence-corrected chi connectivity index (χ4v) is 6.40. The Balaban J connectivity index is 1.08. The summed E-state index contributed by atoms with van der Waals surface area (Å²) in [7, 11) is 0. The summed E-state index contributed by atoms with van der Waals surface area (Å²) in [5.41, 5.74) is 8.81. The molecular weight excluding hydrogens is 496 g/mol. The molecule has 7 rings (SSSR count). The number of piperidine rings is 1. The number of allylic oxidation sites excluding steroid dienone is 1. The molecule has 0 amide bonds. The molecule has 7 heteroatoms. The number of nitriles is 1. The molecule has 1 aliphatic carbocycles. The number of aromatic nitrogens is 1. The molecule has 0 saturated carbocycles. The highest BCUT2D eigenvalue weighted by Crippen LogP contribution is 2.38. The van der Waals surface area contributed by atoms with E-state index in [4.69, 9.17) is 9.72 Å². The smallest absolute Gasteiger partial charge is 0.137 e. The highest BCUT2D eigenvalue weighted by atomic mass is 16.5. The normalized spacial score (nSPS) is 20.0. The van der Waals surface area contributed by atoms with Crippen LogP contribution >= 0.6 is 0 Å². The first-order valence-corrected chi connectivity index (χ1v) is 14.7. The fourth-order valence-electron chi connectivity index (χ4n) is 6.40. The number of anilines is 1. The zero-order valence-electron chi connectivity index (χ0n) is 22.9. The van der Waals surface area contributed by atoms with Crippen LogP contribution in [-0.2, 0) is 6.42 Å². The monoisotopic (exact) mass is 532 g/mol. The van der Waals surface area contributed by atoms with Crippen LogP contribution in [0.5, 0.6) is 5.75 Å². The van der Waals surface area contributed by atoms with Crippen molar-refractivity contribution in [2.75, 3.05) is 57.3 Å². The van der Waals surface area contributed by atoms with Gasteiger partial charge in [-0.15, -0.1) is 0 Å². The van der Waals surface area contributed by atoms with Crippen molar-refractivity contribution in [3.63, 3.8) is 0 Å². The summed E-state index contributed by atoms with van der Waals surface area (Å²) in [5.74, 6) is 0.682. The van der Waals surface area contributed by atoms with Crippen LogP contribution in [0.1, 0.15) is 35.2 Å². The lowest BCUT2D eigenvalue weighted by molar-refractivity contribution is 0.138. The van der Waals surface area contributed by atoms with Crippen LogP contribution in [0, 0.1) is 11.3 Å². The summed E-state index contributed by atoms with van der Waals surface area (Å²) in [5, 5.41) is 16.6. The summed E-state index contributed by atoms with van der Waals surface area (Å²) in [6, 6.07) is 20.2. The third kappa shape index (κ3) is 4.99. The predicted molar refractivity (Wildman–Crippen MR) is 159 cm³/mol. The molecular formula is C33H36N6O. The lowest BCUT2D eigenvalue weighted by atomic mass is 9.98. The zero-order valence-corrected chi connectivity index (χ0v) is 22.9. The standard InChI is InChI=1S/C33H36N6O/c34-20-26-17-24(3-6-33(26)40-29-7-10-35-11-8-29)30-9-12-37-32-19-25(18-31(30)32)23-1-4-27(5-2-23)38-13-15-39(16-14-38)28-21-36-22-28/h1-6,9,12,17-18,28-29,35-36H,7-8,10-11,13-16,19,21-22H2. The highest BCUT2D eigenvalue weighted by Gasteiger charge is 2.28. The first kappa shape index (κ1) is 25.3. The minimum Gasteiger partial charge on any atom is -0.489 e. The molecule has 0 radical (unpaired) electrons. The molecule has 3 saturated heterocycles. The number of rotatable bonds is 6. The van der Waals surface area contributed by atoms with E-state index in [1.807, 2.05) is 18.3 Å². The van der Waals surface area contributed by atoms with Crippen molar-refractivity contribution in [3.8, 4) is 22.9 Å². The van der Waals surface area contributed by atoms with Gasteiger partial charge >= 0.3 is 0 Å². The van der Waals surface area contributed by atoms with E-state index >= 15 is 0 Å². The van der Waals surface area contributed by atoms with E-state index < -0.39 is 0 Å². The summed E-state index contributed by atoms with van der Waals surface area (Å²) in [6.45, 7) is 8.65. The van der Waals surface area contributed by atoms with Crippen LogP contribution in [-0.4, -0.2) is 74.4 Å². The first-order chi connectivity index (χ1) is 19.7. The molecule has 40 heavy (non-hydrogen) atoms. The second kappa shape index (κ2) is 11.1. The second-order valence-electron chi connectivity index (χ2n) is 11.3. The largest absolute Gasteiger partial charge is 0.489 e. The summed E-state index contributed by atoms with van der Waals surface area (Å²) in [6.07, 6.45) is 7.08. The highest BCUT2D eigenvalue weighted by molar-refractivity contribution is 5.93. The molecule has 0 unspecified atom stereocenters. The molecule has 3 fully saturated rings. The van der Waals surface area contributed by atoms with Crippen LogP contribution in [0.15, 0.2) is 54.7 Å². The quantitative estimate of drug-likeness (QED) is 0.498. The van der Waals surface area contributed by atoms with E-state index in [1.165, 1.54) is 16.8 Å². The SMILES string of the molecule is N#Cc1cc(-c2ccnc3c2C=C(c2ccc(N4CCN(C5CNC5)CC4)cc2)C3)ccc1OC1CCNCC1. The molecule has 4 heterocycles. The fraction of sp³-hybridized carbons (Fsp3) is 0.394. The molecule has 0 atom stereocenters. The van der Waals surface area contributed by atoms with Gasteiger partial charge in [0.2, 0.25) is 0 Å². The number of ether oxygens (including phenoxy) is 1. The third-order valence-corrected chi connectivity index (χ3v) is 8.93. The van der Waals surface area contributed by atoms with Crippen molar-refractivity contribution in [2.45, 2.75) is 31.4 Å². The van der Waals surface area contributed by atoms with Crippen LogP contribution in [0.25, 0.3) is 22.8 Å². The number of piperazine rings is 1. The maximum atomic E-state index is 9.90. The number of nitrogens with zero attached hydrogens (tertiary/aromatic N) is 4. The summed E-state index contributed by atoms with van der Waals surface area (Å²) < 4.78 is 6.22. The molecule has 204 valence electrons. The topological polar surface area (TPSA) is 76.5 Å². The van der Waals surface area contributed by atoms with Gasteiger partial charge in [0.25, 0.3) is 0 Å². The third-order valence-electron chi connectivity index (χ3n) is 8.93. The van der Waals surface area contributed by atoms with Crippen LogP contribution in [0.2, 0.25) is 0 Å². The van der Waals surface area contributed by atoms with E-state index in [0.29, 0.717) is 11.3 Å². The van der Waals surface area contributed by atoms with Gasteiger partial charge in [-0.3, -0.25) is 9.88 Å². The minimum absolute atomic E-state index is 0.163. The van der Waals surface area contributed by atoms with Gasteiger partial charge in [-0.25, -0.2) is 0 Å². The maximum absolute atomic E-state index is 9.90. The number of fused-ring (bicyclic) bond motifs is 1. The number of nitrogens with one attached hydrogen (secondary N) is 2. The lowest BCUT2D eigenvalue weighted by Gasteiger charge is -2.43. The summed E-state index contributed by atoms with van der Waals surface area (Å²) in [4.78, 5) is 9.85. The van der Waals surface area contributed by atoms with Gasteiger partial charge in [0.15, 0.2) is 0 Å². The van der Waals surface area contributed by atoms with Crippen molar-refractivity contribution in [1.82, 2.24) is 20.5 Å². The molecule has 0 spiro atoms. The molecule has 3 aliphatic heterocycles. The van der Waals surface area contributed by atoms with E-state index in [0.717, 1.165) is 100 Å².